The van der Waals surface area contributed by atoms with Crippen molar-refractivity contribution in [3.8, 4) is 0 Å². The van der Waals surface area contributed by atoms with Crippen LogP contribution in [0.3, 0.4) is 0 Å². The van der Waals surface area contributed by atoms with E-state index in [-0.39, 0.29) is 11.9 Å². The first-order valence-corrected chi connectivity index (χ1v) is 5.61. The fourth-order valence-corrected chi connectivity index (χ4v) is 1.46. The number of unbranched alkanes of at least 4 members (excludes halogenated alkanes) is 1. The van der Waals surface area contributed by atoms with Gasteiger partial charge < -0.3 is 9.47 Å². The van der Waals surface area contributed by atoms with Crippen LogP contribution in [0.2, 0.25) is 0 Å². The van der Waals surface area contributed by atoms with Crippen LogP contribution in [0.25, 0.3) is 0 Å². The topological polar surface area (TPSA) is 52.6 Å². The summed E-state index contributed by atoms with van der Waals surface area (Å²) in [6.45, 7) is 2.04. The van der Waals surface area contributed by atoms with Crippen LogP contribution >= 0.6 is 0 Å². The zero-order valence-corrected chi connectivity index (χ0v) is 9.16. The molecule has 0 aromatic carbocycles. The maximum absolute atomic E-state index is 11.3. The van der Waals surface area contributed by atoms with E-state index in [4.69, 9.17) is 9.47 Å². The van der Waals surface area contributed by atoms with E-state index in [1.165, 1.54) is 0 Å². The number of esters is 2. The van der Waals surface area contributed by atoms with Crippen molar-refractivity contribution in [2.24, 2.45) is 0 Å². The maximum atomic E-state index is 11.3. The molecule has 0 atom stereocenters. The molecule has 0 radical (unpaired) electrons. The molecule has 0 amide bonds. The lowest BCUT2D eigenvalue weighted by Crippen LogP contribution is -2.23. The van der Waals surface area contributed by atoms with E-state index in [0.29, 0.717) is 32.1 Å². The van der Waals surface area contributed by atoms with E-state index in [9.17, 15) is 9.59 Å². The molecular weight excluding hydrogens is 196 g/mol. The highest BCUT2D eigenvalue weighted by Gasteiger charge is 2.20. The molecule has 86 valence electrons. The SMILES string of the molecule is CCCCC1OC(=O)CCCCC(=O)O1. The Hall–Kier alpha value is -1.06. The number of hydrogen-bond acceptors (Lipinski definition) is 4. The summed E-state index contributed by atoms with van der Waals surface area (Å²) >= 11 is 0. The van der Waals surface area contributed by atoms with Gasteiger partial charge in [-0.05, 0) is 19.3 Å². The predicted molar refractivity (Wildman–Crippen MR) is 54.0 cm³/mol. The molecule has 1 heterocycles. The Morgan fingerprint density at radius 1 is 1.13 bits per heavy atom. The van der Waals surface area contributed by atoms with Crippen molar-refractivity contribution in [3.05, 3.63) is 0 Å². The fourth-order valence-electron chi connectivity index (χ4n) is 1.46. The second-order valence-corrected chi connectivity index (χ2v) is 3.76. The van der Waals surface area contributed by atoms with Gasteiger partial charge in [0.25, 0.3) is 0 Å². The van der Waals surface area contributed by atoms with Crippen molar-refractivity contribution in [2.45, 2.75) is 58.2 Å². The van der Waals surface area contributed by atoms with Gasteiger partial charge in [0.15, 0.2) is 0 Å². The van der Waals surface area contributed by atoms with Crippen molar-refractivity contribution in [1.82, 2.24) is 0 Å². The summed E-state index contributed by atoms with van der Waals surface area (Å²) in [4.78, 5) is 22.5. The molecule has 4 heteroatoms. The van der Waals surface area contributed by atoms with Crippen molar-refractivity contribution in [1.29, 1.82) is 0 Å². The van der Waals surface area contributed by atoms with Gasteiger partial charge in [-0.25, -0.2) is 0 Å². The van der Waals surface area contributed by atoms with Gasteiger partial charge in [0.05, 0.1) is 0 Å². The van der Waals surface area contributed by atoms with Crippen LogP contribution in [0.15, 0.2) is 0 Å². The van der Waals surface area contributed by atoms with E-state index in [1.807, 2.05) is 6.92 Å². The first kappa shape index (κ1) is 12.0. The molecule has 0 aliphatic carbocycles. The summed E-state index contributed by atoms with van der Waals surface area (Å²) < 4.78 is 10.1. The van der Waals surface area contributed by atoms with Crippen LogP contribution in [0.5, 0.6) is 0 Å². The lowest BCUT2D eigenvalue weighted by molar-refractivity contribution is -0.187. The number of hydrogen-bond donors (Lipinski definition) is 0. The average Bonchev–Trinajstić information content (AvgIpc) is 2.27. The molecule has 4 nitrogen and oxygen atoms in total. The first-order chi connectivity index (χ1) is 7.22. The normalized spacial score (nSPS) is 19.8. The van der Waals surface area contributed by atoms with Crippen LogP contribution in [-0.2, 0) is 19.1 Å². The predicted octanol–water partition coefficient (Wildman–Crippen LogP) is 2.16. The lowest BCUT2D eigenvalue weighted by atomic mass is 10.2. The average molecular weight is 214 g/mol. The molecule has 1 aliphatic rings. The third-order valence-corrected chi connectivity index (χ3v) is 2.33. The molecule has 0 bridgehead atoms. The molecule has 0 aromatic rings. The summed E-state index contributed by atoms with van der Waals surface area (Å²) in [7, 11) is 0. The third kappa shape index (κ3) is 4.81. The smallest absolute Gasteiger partial charge is 0.308 e. The minimum Gasteiger partial charge on any atom is -0.425 e. The zero-order valence-electron chi connectivity index (χ0n) is 9.16. The number of cyclic esters (lactones) is 2. The Morgan fingerprint density at radius 2 is 1.67 bits per heavy atom. The third-order valence-electron chi connectivity index (χ3n) is 2.33. The molecule has 15 heavy (non-hydrogen) atoms. The maximum Gasteiger partial charge on any atom is 0.308 e. The molecular formula is C11H18O4. The Labute approximate surface area is 89.9 Å². The molecule has 1 rings (SSSR count). The lowest BCUT2D eigenvalue weighted by Gasteiger charge is -2.16. The van der Waals surface area contributed by atoms with Gasteiger partial charge in [-0.1, -0.05) is 13.3 Å². The van der Waals surface area contributed by atoms with Gasteiger partial charge in [0.2, 0.25) is 6.29 Å². The molecule has 0 spiro atoms. The van der Waals surface area contributed by atoms with Crippen molar-refractivity contribution < 1.29 is 19.1 Å². The molecule has 0 unspecified atom stereocenters. The second-order valence-electron chi connectivity index (χ2n) is 3.76. The standard InChI is InChI=1S/C11H18O4/c1-2-3-8-11-14-9(12)6-4-5-7-10(13)15-11/h11H,2-8H2,1H3. The van der Waals surface area contributed by atoms with Gasteiger partial charge >= 0.3 is 11.9 Å². The van der Waals surface area contributed by atoms with Gasteiger partial charge in [-0.15, -0.1) is 0 Å². The monoisotopic (exact) mass is 214 g/mol. The molecule has 1 aliphatic heterocycles. The Kier molecular flexibility index (Phi) is 5.15. The molecule has 0 N–H and O–H groups in total. The van der Waals surface area contributed by atoms with Crippen LogP contribution < -0.4 is 0 Å². The first-order valence-electron chi connectivity index (χ1n) is 5.61. The fraction of sp³-hybridized carbons (Fsp3) is 0.818. The van der Waals surface area contributed by atoms with Crippen molar-refractivity contribution >= 4 is 11.9 Å². The molecule has 0 saturated carbocycles. The van der Waals surface area contributed by atoms with Crippen LogP contribution in [0.4, 0.5) is 0 Å². The highest BCUT2D eigenvalue weighted by atomic mass is 16.7. The highest BCUT2D eigenvalue weighted by Crippen LogP contribution is 2.14. The van der Waals surface area contributed by atoms with Crippen LogP contribution in [0.1, 0.15) is 51.9 Å². The van der Waals surface area contributed by atoms with Crippen molar-refractivity contribution in [3.63, 3.8) is 0 Å². The Morgan fingerprint density at radius 3 is 2.13 bits per heavy atom. The summed E-state index contributed by atoms with van der Waals surface area (Å²) in [6.07, 6.45) is 4.01. The van der Waals surface area contributed by atoms with E-state index < -0.39 is 6.29 Å². The quantitative estimate of drug-likeness (QED) is 0.675. The summed E-state index contributed by atoms with van der Waals surface area (Å²) in [6, 6.07) is 0. The molecule has 0 aromatic heterocycles. The van der Waals surface area contributed by atoms with Gasteiger partial charge in [-0.2, -0.15) is 0 Å². The van der Waals surface area contributed by atoms with E-state index >= 15 is 0 Å². The zero-order chi connectivity index (χ0) is 11.1. The minimum absolute atomic E-state index is 0.259. The minimum atomic E-state index is -0.664. The van der Waals surface area contributed by atoms with Gasteiger partial charge in [0, 0.05) is 19.3 Å². The van der Waals surface area contributed by atoms with Crippen LogP contribution in [0, 0.1) is 0 Å². The summed E-state index contributed by atoms with van der Waals surface area (Å²) in [5.74, 6) is -0.517. The Bertz CT molecular complexity index is 205. The number of rotatable bonds is 3. The number of carbonyl (C=O) groups is 2. The number of carbonyl (C=O) groups excluding carboxylic acids is 2. The largest absolute Gasteiger partial charge is 0.425 e. The van der Waals surface area contributed by atoms with E-state index in [1.54, 1.807) is 0 Å². The van der Waals surface area contributed by atoms with Gasteiger partial charge in [-0.3, -0.25) is 9.59 Å². The van der Waals surface area contributed by atoms with E-state index in [0.717, 1.165) is 12.8 Å². The van der Waals surface area contributed by atoms with E-state index in [2.05, 4.69) is 0 Å². The van der Waals surface area contributed by atoms with Crippen LogP contribution in [-0.4, -0.2) is 18.2 Å². The molecule has 1 saturated heterocycles. The Balaban J connectivity index is 2.47. The summed E-state index contributed by atoms with van der Waals surface area (Å²) in [5, 5.41) is 0. The molecule has 1 fully saturated rings. The van der Waals surface area contributed by atoms with Crippen molar-refractivity contribution in [2.75, 3.05) is 0 Å². The second kappa shape index (κ2) is 6.43. The highest BCUT2D eigenvalue weighted by molar-refractivity contribution is 5.72. The van der Waals surface area contributed by atoms with Gasteiger partial charge in [0.1, 0.15) is 0 Å². The summed E-state index contributed by atoms with van der Waals surface area (Å²) in [5.41, 5.74) is 0. The number of ether oxygens (including phenoxy) is 2.